The fourth-order valence-corrected chi connectivity index (χ4v) is 13.2. The second-order valence-electron chi connectivity index (χ2n) is 6.15. The molecular weight excluding hydrogens is 362 g/mol. The molecule has 0 aliphatic rings. The molecule has 0 rings (SSSR count). The van der Waals surface area contributed by atoms with E-state index in [0.717, 1.165) is 21.1 Å². The molecule has 0 saturated carbocycles. The van der Waals surface area contributed by atoms with Gasteiger partial charge in [-0.3, -0.25) is 0 Å². The molecule has 0 bridgehead atoms. The topological polar surface area (TPSA) is 57.5 Å². The van der Waals surface area contributed by atoms with E-state index in [2.05, 4.69) is 13.8 Å². The summed E-state index contributed by atoms with van der Waals surface area (Å²) in [7, 11) is 0. The number of hydrogen-bond acceptors (Lipinski definition) is 1. The van der Waals surface area contributed by atoms with Crippen molar-refractivity contribution in [1.82, 2.24) is 0 Å². The van der Waals surface area contributed by atoms with Gasteiger partial charge in [-0.2, -0.15) is 0 Å². The van der Waals surface area contributed by atoms with E-state index < -0.39 is 26.1 Å². The van der Waals surface area contributed by atoms with Crippen LogP contribution in [0.3, 0.4) is 0 Å². The standard InChI is InChI=1S/2C8H17.HO3P.Zr/c2*1-3-5-7-8-6-4-2;1-4(2)3;/h2*1,3-8H2,2H3;(H-,1,2,3);/q;;;-1/p+1. The monoisotopic (exact) mass is 397 g/mol. The Bertz CT molecular complexity index is 252. The Kier molecular flexibility index (Phi) is 15.3. The molecule has 0 atom stereocenters. The summed E-state index contributed by atoms with van der Waals surface area (Å²) in [6.45, 7) is 4.42. The van der Waals surface area contributed by atoms with Crippen molar-refractivity contribution in [2.75, 3.05) is 0 Å². The van der Waals surface area contributed by atoms with Gasteiger partial charge in [0.15, 0.2) is 0 Å². The van der Waals surface area contributed by atoms with Gasteiger partial charge in [0.05, 0.1) is 0 Å². The Hall–Kier alpha value is 1.03. The second kappa shape index (κ2) is 14.6. The molecule has 0 aromatic carbocycles. The average molecular weight is 399 g/mol. The Morgan fingerprint density at radius 1 is 0.667 bits per heavy atom. The molecule has 0 spiro atoms. The molecule has 21 heavy (non-hydrogen) atoms. The molecule has 0 aromatic rings. The zero-order chi connectivity index (χ0) is 16.0. The van der Waals surface area contributed by atoms with E-state index in [-0.39, 0.29) is 0 Å². The van der Waals surface area contributed by atoms with Crippen LogP contribution in [0, 0.1) is 0 Å². The van der Waals surface area contributed by atoms with Crippen LogP contribution in [0.4, 0.5) is 0 Å². The fourth-order valence-electron chi connectivity index (χ4n) is 2.64. The van der Waals surface area contributed by atoms with Crippen molar-refractivity contribution in [2.45, 2.75) is 99.2 Å². The molecule has 0 radical (unpaired) electrons. The van der Waals surface area contributed by atoms with Crippen LogP contribution < -0.4 is 0 Å². The summed E-state index contributed by atoms with van der Waals surface area (Å²) in [5.74, 6) is 0. The summed E-state index contributed by atoms with van der Waals surface area (Å²) in [6.07, 6.45) is 14.6. The van der Waals surface area contributed by atoms with E-state index in [0.29, 0.717) is 0 Å². The van der Waals surface area contributed by atoms with Gasteiger partial charge >= 0.3 is 140 Å². The van der Waals surface area contributed by atoms with Gasteiger partial charge in [0.1, 0.15) is 0 Å². The van der Waals surface area contributed by atoms with Gasteiger partial charge in [-0.25, -0.2) is 0 Å². The molecule has 0 aromatic heterocycles. The van der Waals surface area contributed by atoms with Crippen molar-refractivity contribution in [1.29, 1.82) is 0 Å². The Morgan fingerprint density at radius 3 is 1.33 bits per heavy atom. The fraction of sp³-hybridized carbons (Fsp3) is 1.00. The maximum absolute atomic E-state index is 11.6. The summed E-state index contributed by atoms with van der Waals surface area (Å²) in [6, 6.07) is 0. The van der Waals surface area contributed by atoms with Crippen LogP contribution in [0.25, 0.3) is 0 Å². The molecule has 0 unspecified atom stereocenters. The zero-order valence-corrected chi connectivity index (χ0v) is 17.5. The van der Waals surface area contributed by atoms with Crippen molar-refractivity contribution in [2.24, 2.45) is 0 Å². The third kappa shape index (κ3) is 14.4. The first-order valence-corrected chi connectivity index (χ1v) is 17.3. The van der Waals surface area contributed by atoms with Crippen LogP contribution >= 0.6 is 4.89 Å². The molecule has 2 N–H and O–H groups in total. The molecule has 0 aliphatic carbocycles. The van der Waals surface area contributed by atoms with E-state index in [9.17, 15) is 14.4 Å². The molecule has 0 amide bonds. The summed E-state index contributed by atoms with van der Waals surface area (Å²) < 4.78 is 13.4. The summed E-state index contributed by atoms with van der Waals surface area (Å²) in [5.41, 5.74) is 0. The summed E-state index contributed by atoms with van der Waals surface area (Å²) in [5, 5.41) is 0. The molecule has 0 aliphatic heterocycles. The maximum atomic E-state index is 11.6. The van der Waals surface area contributed by atoms with Gasteiger partial charge < -0.3 is 0 Å². The molecule has 5 heteroatoms. The summed E-state index contributed by atoms with van der Waals surface area (Å²) in [4.78, 5) is 15.4. The van der Waals surface area contributed by atoms with Gasteiger partial charge in [-0.05, 0) is 0 Å². The SMILES string of the molecule is CCCCCCC[CH2][Zr]([CH2]CCCCCCC)[P](=O)(O)O. The van der Waals surface area contributed by atoms with Crippen molar-refractivity contribution in [3.05, 3.63) is 0 Å². The Balaban J connectivity index is 3.76. The van der Waals surface area contributed by atoms with E-state index in [1.165, 1.54) is 64.2 Å². The van der Waals surface area contributed by atoms with E-state index in [1.807, 2.05) is 0 Å². The number of rotatable bonds is 15. The average Bonchev–Trinajstić information content (AvgIpc) is 2.42. The first-order chi connectivity index (χ1) is 10.0. The van der Waals surface area contributed by atoms with Crippen LogP contribution in [-0.2, 0) is 25.7 Å². The minimum absolute atomic E-state index is 0.896. The van der Waals surface area contributed by atoms with Crippen LogP contribution in [0.15, 0.2) is 0 Å². The number of unbranched alkanes of at least 4 members (excludes halogenated alkanes) is 10. The van der Waals surface area contributed by atoms with Crippen LogP contribution in [-0.4, -0.2) is 9.79 Å². The van der Waals surface area contributed by atoms with E-state index in [4.69, 9.17) is 0 Å². The summed E-state index contributed by atoms with van der Waals surface area (Å²) >= 11 is -2.49. The first-order valence-electron chi connectivity index (χ1n) is 8.93. The predicted octanol–water partition coefficient (Wildman–Crippen LogP) is 6.25. The normalized spacial score (nSPS) is 11.8. The molecule has 0 fully saturated rings. The second-order valence-corrected chi connectivity index (χ2v) is 20.5. The van der Waals surface area contributed by atoms with Crippen molar-refractivity contribution < 1.29 is 35.5 Å². The quantitative estimate of drug-likeness (QED) is 0.253. The third-order valence-electron chi connectivity index (χ3n) is 4.05. The van der Waals surface area contributed by atoms with Crippen molar-refractivity contribution in [3.8, 4) is 0 Å². The molecule has 3 nitrogen and oxygen atoms in total. The Labute approximate surface area is 139 Å². The molecular formula is C16H36O3PZr. The van der Waals surface area contributed by atoms with Crippen LogP contribution in [0.1, 0.15) is 90.9 Å². The van der Waals surface area contributed by atoms with E-state index in [1.54, 1.807) is 0 Å². The van der Waals surface area contributed by atoms with Crippen LogP contribution in [0.5, 0.6) is 0 Å². The van der Waals surface area contributed by atoms with Gasteiger partial charge in [0.2, 0.25) is 0 Å². The van der Waals surface area contributed by atoms with Crippen molar-refractivity contribution >= 4 is 4.89 Å². The predicted molar refractivity (Wildman–Crippen MR) is 88.4 cm³/mol. The number of hydrogen-bond donors (Lipinski definition) is 2. The molecule has 127 valence electrons. The van der Waals surface area contributed by atoms with Gasteiger partial charge in [-0.1, -0.05) is 0 Å². The van der Waals surface area contributed by atoms with Crippen LogP contribution in [0.2, 0.25) is 8.26 Å². The Morgan fingerprint density at radius 2 is 1.00 bits per heavy atom. The van der Waals surface area contributed by atoms with Crippen molar-refractivity contribution in [3.63, 3.8) is 0 Å². The molecule has 0 heterocycles. The zero-order valence-electron chi connectivity index (χ0n) is 14.1. The van der Waals surface area contributed by atoms with Gasteiger partial charge in [0.25, 0.3) is 0 Å². The molecule has 0 saturated heterocycles. The van der Waals surface area contributed by atoms with Gasteiger partial charge in [-0.15, -0.1) is 0 Å². The third-order valence-corrected chi connectivity index (χ3v) is 18.2. The van der Waals surface area contributed by atoms with Gasteiger partial charge in [0, 0.05) is 0 Å². The first kappa shape index (κ1) is 22.0. The van der Waals surface area contributed by atoms with E-state index >= 15 is 0 Å². The minimum atomic E-state index is -3.70.